The number of nitrogens with zero attached hydrogens (tertiary/aromatic N) is 2. The summed E-state index contributed by atoms with van der Waals surface area (Å²) in [6.07, 6.45) is 6.41. The summed E-state index contributed by atoms with van der Waals surface area (Å²) in [5.41, 5.74) is 2.73. The van der Waals surface area contributed by atoms with Gasteiger partial charge >= 0.3 is 0 Å². The van der Waals surface area contributed by atoms with Crippen molar-refractivity contribution in [3.63, 3.8) is 0 Å². The fourth-order valence-electron chi connectivity index (χ4n) is 2.50. The Morgan fingerprint density at radius 1 is 1.41 bits per heavy atom. The van der Waals surface area contributed by atoms with Crippen molar-refractivity contribution in [2.75, 3.05) is 19.6 Å². The molecule has 0 bridgehead atoms. The smallest absolute Gasteiger partial charge is 0.0300 e. The van der Waals surface area contributed by atoms with Crippen LogP contribution in [-0.2, 0) is 6.54 Å². The summed E-state index contributed by atoms with van der Waals surface area (Å²) in [4.78, 5) is 6.70. The van der Waals surface area contributed by atoms with E-state index in [0.717, 1.165) is 19.1 Å². The molecule has 2 heterocycles. The van der Waals surface area contributed by atoms with Crippen LogP contribution in [0.15, 0.2) is 18.5 Å². The first-order chi connectivity index (χ1) is 8.29. The van der Waals surface area contributed by atoms with Gasteiger partial charge in [-0.1, -0.05) is 6.92 Å². The molecule has 0 aromatic carbocycles. The molecule has 17 heavy (non-hydrogen) atoms. The quantitative estimate of drug-likeness (QED) is 0.861. The van der Waals surface area contributed by atoms with Gasteiger partial charge in [-0.2, -0.15) is 0 Å². The van der Waals surface area contributed by atoms with E-state index in [-0.39, 0.29) is 0 Å². The summed E-state index contributed by atoms with van der Waals surface area (Å²) >= 11 is 0. The van der Waals surface area contributed by atoms with Gasteiger partial charge in [0.1, 0.15) is 0 Å². The summed E-state index contributed by atoms with van der Waals surface area (Å²) in [5.74, 6) is 0. The van der Waals surface area contributed by atoms with Crippen molar-refractivity contribution in [1.29, 1.82) is 0 Å². The molecule has 94 valence electrons. The summed E-state index contributed by atoms with van der Waals surface area (Å²) in [5, 5.41) is 3.54. The Hall–Kier alpha value is -0.930. The van der Waals surface area contributed by atoms with Gasteiger partial charge in [0.05, 0.1) is 0 Å². The van der Waals surface area contributed by atoms with Crippen LogP contribution in [-0.4, -0.2) is 35.6 Å². The molecule has 1 N–H and O–H groups in total. The molecule has 0 aliphatic carbocycles. The van der Waals surface area contributed by atoms with Crippen LogP contribution in [0.4, 0.5) is 0 Å². The van der Waals surface area contributed by atoms with Crippen LogP contribution in [0.2, 0.25) is 0 Å². The predicted molar refractivity (Wildman–Crippen MR) is 70.9 cm³/mol. The number of hydrogen-bond donors (Lipinski definition) is 1. The topological polar surface area (TPSA) is 28.2 Å². The Balaban J connectivity index is 1.84. The van der Waals surface area contributed by atoms with Crippen LogP contribution in [0.3, 0.4) is 0 Å². The number of piperidine rings is 1. The van der Waals surface area contributed by atoms with Crippen molar-refractivity contribution in [2.45, 2.75) is 39.3 Å². The highest BCUT2D eigenvalue weighted by Gasteiger charge is 2.18. The SMILES string of the molecule is CCNC1CCN(Cc2ccncc2C)CC1. The second kappa shape index (κ2) is 6.12. The van der Waals surface area contributed by atoms with E-state index in [1.807, 2.05) is 12.4 Å². The second-order valence-electron chi connectivity index (χ2n) is 4.91. The Labute approximate surface area is 104 Å². The van der Waals surface area contributed by atoms with E-state index in [1.165, 1.54) is 37.1 Å². The van der Waals surface area contributed by atoms with E-state index in [9.17, 15) is 0 Å². The van der Waals surface area contributed by atoms with Crippen LogP contribution in [0.5, 0.6) is 0 Å². The molecule has 1 aromatic rings. The summed E-state index contributed by atoms with van der Waals surface area (Å²) in [6.45, 7) is 8.92. The highest BCUT2D eigenvalue weighted by molar-refractivity contribution is 5.21. The standard InChI is InChI=1S/C14H23N3/c1-3-16-14-5-8-17(9-6-14)11-13-4-7-15-10-12(13)2/h4,7,10,14,16H,3,5-6,8-9,11H2,1-2H3. The average molecular weight is 233 g/mol. The number of likely N-dealkylation sites (tertiary alicyclic amines) is 1. The molecule has 0 amide bonds. The maximum Gasteiger partial charge on any atom is 0.0300 e. The molecule has 0 radical (unpaired) electrons. The number of nitrogens with one attached hydrogen (secondary N) is 1. The van der Waals surface area contributed by atoms with Crippen LogP contribution in [0.1, 0.15) is 30.9 Å². The van der Waals surface area contributed by atoms with Crippen molar-refractivity contribution in [3.05, 3.63) is 29.6 Å². The fourth-order valence-corrected chi connectivity index (χ4v) is 2.50. The molecule has 1 aliphatic heterocycles. The molecular formula is C14H23N3. The second-order valence-corrected chi connectivity index (χ2v) is 4.91. The number of aryl methyl sites for hydroxylation is 1. The molecule has 3 heteroatoms. The lowest BCUT2D eigenvalue weighted by Gasteiger charge is -2.32. The Kier molecular flexibility index (Phi) is 4.51. The number of rotatable bonds is 4. The first-order valence-electron chi connectivity index (χ1n) is 6.65. The first kappa shape index (κ1) is 12.5. The molecule has 1 fully saturated rings. The van der Waals surface area contributed by atoms with E-state index in [4.69, 9.17) is 0 Å². The van der Waals surface area contributed by atoms with E-state index < -0.39 is 0 Å². The third kappa shape index (κ3) is 3.51. The summed E-state index contributed by atoms with van der Waals surface area (Å²) in [6, 6.07) is 2.88. The Morgan fingerprint density at radius 2 is 2.18 bits per heavy atom. The van der Waals surface area contributed by atoms with E-state index in [0.29, 0.717) is 0 Å². The van der Waals surface area contributed by atoms with E-state index >= 15 is 0 Å². The third-order valence-corrected chi connectivity index (χ3v) is 3.61. The maximum atomic E-state index is 4.15. The summed E-state index contributed by atoms with van der Waals surface area (Å²) < 4.78 is 0. The van der Waals surface area contributed by atoms with Crippen molar-refractivity contribution < 1.29 is 0 Å². The van der Waals surface area contributed by atoms with Crippen LogP contribution < -0.4 is 5.32 Å². The van der Waals surface area contributed by atoms with Gasteiger partial charge in [0.15, 0.2) is 0 Å². The molecular weight excluding hydrogens is 210 g/mol. The lowest BCUT2D eigenvalue weighted by atomic mass is 10.0. The minimum atomic E-state index is 0.731. The number of hydrogen-bond acceptors (Lipinski definition) is 3. The minimum Gasteiger partial charge on any atom is -0.314 e. The Morgan fingerprint density at radius 3 is 2.82 bits per heavy atom. The van der Waals surface area contributed by atoms with Crippen LogP contribution >= 0.6 is 0 Å². The Bertz CT molecular complexity index is 343. The zero-order chi connectivity index (χ0) is 12.1. The molecule has 2 rings (SSSR count). The molecule has 0 spiro atoms. The van der Waals surface area contributed by atoms with E-state index in [1.54, 1.807) is 0 Å². The maximum absolute atomic E-state index is 4.15. The zero-order valence-electron chi connectivity index (χ0n) is 10.9. The van der Waals surface area contributed by atoms with Crippen molar-refractivity contribution in [1.82, 2.24) is 15.2 Å². The highest BCUT2D eigenvalue weighted by Crippen LogP contribution is 2.15. The monoisotopic (exact) mass is 233 g/mol. The number of aromatic nitrogens is 1. The van der Waals surface area contributed by atoms with E-state index in [2.05, 4.69) is 35.1 Å². The lowest BCUT2D eigenvalue weighted by Crippen LogP contribution is -2.42. The largest absolute Gasteiger partial charge is 0.314 e. The summed E-state index contributed by atoms with van der Waals surface area (Å²) in [7, 11) is 0. The van der Waals surface area contributed by atoms with Crippen LogP contribution in [0.25, 0.3) is 0 Å². The van der Waals surface area contributed by atoms with Gasteiger partial charge in [0.25, 0.3) is 0 Å². The normalized spacial score (nSPS) is 18.5. The molecule has 1 aromatic heterocycles. The first-order valence-corrected chi connectivity index (χ1v) is 6.65. The average Bonchev–Trinajstić information content (AvgIpc) is 2.35. The van der Waals surface area contributed by atoms with Crippen molar-refractivity contribution in [3.8, 4) is 0 Å². The minimum absolute atomic E-state index is 0.731. The van der Waals surface area contributed by atoms with Gasteiger partial charge in [-0.3, -0.25) is 9.88 Å². The molecule has 0 unspecified atom stereocenters. The van der Waals surface area contributed by atoms with Gasteiger partial charge in [-0.25, -0.2) is 0 Å². The highest BCUT2D eigenvalue weighted by atomic mass is 15.1. The number of pyridine rings is 1. The molecule has 3 nitrogen and oxygen atoms in total. The van der Waals surface area contributed by atoms with Gasteiger partial charge in [0.2, 0.25) is 0 Å². The molecule has 1 aliphatic rings. The third-order valence-electron chi connectivity index (χ3n) is 3.61. The molecule has 0 atom stereocenters. The predicted octanol–water partition coefficient (Wildman–Crippen LogP) is 1.96. The van der Waals surface area contributed by atoms with Gasteiger partial charge in [-0.05, 0) is 56.6 Å². The fraction of sp³-hybridized carbons (Fsp3) is 0.643. The lowest BCUT2D eigenvalue weighted by molar-refractivity contribution is 0.191. The van der Waals surface area contributed by atoms with Gasteiger partial charge in [-0.15, -0.1) is 0 Å². The van der Waals surface area contributed by atoms with Crippen LogP contribution in [0, 0.1) is 6.92 Å². The van der Waals surface area contributed by atoms with Crippen molar-refractivity contribution in [2.24, 2.45) is 0 Å². The van der Waals surface area contributed by atoms with Gasteiger partial charge in [0, 0.05) is 25.0 Å². The molecule has 0 saturated carbocycles. The van der Waals surface area contributed by atoms with Crippen molar-refractivity contribution >= 4 is 0 Å². The molecule has 1 saturated heterocycles. The zero-order valence-corrected chi connectivity index (χ0v) is 10.9. The van der Waals surface area contributed by atoms with Gasteiger partial charge < -0.3 is 5.32 Å².